The summed E-state index contributed by atoms with van der Waals surface area (Å²) in [6.07, 6.45) is 7.78. The molecule has 34 heavy (non-hydrogen) atoms. The van der Waals surface area contributed by atoms with Gasteiger partial charge in [-0.1, -0.05) is 23.2 Å². The number of allylic oxidation sites excluding steroid dienone is 1. The highest BCUT2D eigenvalue weighted by Crippen LogP contribution is 2.44. The smallest absolute Gasteiger partial charge is 0.338 e. The lowest BCUT2D eigenvalue weighted by Crippen LogP contribution is -2.34. The van der Waals surface area contributed by atoms with Crippen molar-refractivity contribution in [3.05, 3.63) is 87.7 Å². The van der Waals surface area contributed by atoms with Crippen molar-refractivity contribution in [3.63, 3.8) is 0 Å². The third-order valence-corrected chi connectivity index (χ3v) is 6.67. The summed E-state index contributed by atoms with van der Waals surface area (Å²) in [4.78, 5) is 25.6. The van der Waals surface area contributed by atoms with Gasteiger partial charge in [0.2, 0.25) is 0 Å². The molecule has 1 saturated carbocycles. The number of amides is 1. The minimum Gasteiger partial charge on any atom is -0.467 e. The van der Waals surface area contributed by atoms with Crippen LogP contribution in [0.15, 0.2) is 74.5 Å². The van der Waals surface area contributed by atoms with Crippen molar-refractivity contribution in [3.8, 4) is 0 Å². The summed E-state index contributed by atoms with van der Waals surface area (Å²) in [5.41, 5.74) is 2.05. The Kier molecular flexibility index (Phi) is 6.30. The number of fused-ring (bicyclic) bond motifs is 1. The zero-order valence-electron chi connectivity index (χ0n) is 17.9. The van der Waals surface area contributed by atoms with Crippen molar-refractivity contribution in [2.24, 2.45) is 11.0 Å². The van der Waals surface area contributed by atoms with Gasteiger partial charge in [-0.25, -0.2) is 9.80 Å². The minimum atomic E-state index is -0.677. The molecule has 1 amide bonds. The SMILES string of the molecule is O=C(OCC(=O)N1N=C2C(=Cc3ccco3)CCCC2C1c1ccco1)c1ccc(Cl)c(Cl)c1. The number of halogens is 2. The normalized spacial score (nSPS) is 20.8. The van der Waals surface area contributed by atoms with Crippen molar-refractivity contribution in [1.82, 2.24) is 5.01 Å². The Balaban J connectivity index is 1.38. The van der Waals surface area contributed by atoms with E-state index in [1.54, 1.807) is 18.6 Å². The first-order chi connectivity index (χ1) is 16.5. The molecule has 1 fully saturated rings. The summed E-state index contributed by atoms with van der Waals surface area (Å²) in [6, 6.07) is 11.3. The van der Waals surface area contributed by atoms with Gasteiger partial charge < -0.3 is 13.6 Å². The summed E-state index contributed by atoms with van der Waals surface area (Å²) in [5.74, 6) is 0.203. The van der Waals surface area contributed by atoms with Crippen LogP contribution in [0.4, 0.5) is 0 Å². The number of carbonyl (C=O) groups excluding carboxylic acids is 2. The lowest BCUT2D eigenvalue weighted by atomic mass is 9.79. The van der Waals surface area contributed by atoms with E-state index in [2.05, 4.69) is 5.10 Å². The average molecular weight is 499 g/mol. The van der Waals surface area contributed by atoms with Crippen LogP contribution in [0.2, 0.25) is 10.0 Å². The van der Waals surface area contributed by atoms with Crippen molar-refractivity contribution >= 4 is 46.9 Å². The molecule has 5 rings (SSSR count). The summed E-state index contributed by atoms with van der Waals surface area (Å²) < 4.78 is 16.4. The molecule has 0 N–H and O–H groups in total. The molecule has 174 valence electrons. The number of hydrogen-bond donors (Lipinski definition) is 0. The Labute approximate surface area is 205 Å². The fraction of sp³-hybridized carbons (Fsp3) is 0.240. The topological polar surface area (TPSA) is 85.3 Å². The minimum absolute atomic E-state index is 0.0316. The number of benzene rings is 1. The molecule has 1 aromatic carbocycles. The first-order valence-electron chi connectivity index (χ1n) is 10.8. The zero-order valence-corrected chi connectivity index (χ0v) is 19.5. The summed E-state index contributed by atoms with van der Waals surface area (Å²) in [7, 11) is 0. The van der Waals surface area contributed by atoms with Crippen LogP contribution < -0.4 is 0 Å². The molecule has 7 nitrogen and oxygen atoms in total. The highest BCUT2D eigenvalue weighted by atomic mass is 35.5. The van der Waals surface area contributed by atoms with E-state index in [4.69, 9.17) is 36.8 Å². The van der Waals surface area contributed by atoms with E-state index in [0.29, 0.717) is 10.8 Å². The molecule has 9 heteroatoms. The van der Waals surface area contributed by atoms with E-state index < -0.39 is 24.5 Å². The van der Waals surface area contributed by atoms with Gasteiger partial charge in [-0.2, -0.15) is 5.10 Å². The molecule has 1 aliphatic heterocycles. The highest BCUT2D eigenvalue weighted by Gasteiger charge is 2.45. The fourth-order valence-electron chi connectivity index (χ4n) is 4.39. The molecule has 2 atom stereocenters. The van der Waals surface area contributed by atoms with E-state index in [1.807, 2.05) is 24.3 Å². The van der Waals surface area contributed by atoms with E-state index in [0.717, 1.165) is 36.3 Å². The quantitative estimate of drug-likeness (QED) is 0.393. The lowest BCUT2D eigenvalue weighted by Gasteiger charge is -2.27. The monoisotopic (exact) mass is 498 g/mol. The van der Waals surface area contributed by atoms with Gasteiger partial charge in [-0.15, -0.1) is 0 Å². The number of hydrogen-bond acceptors (Lipinski definition) is 6. The summed E-state index contributed by atoms with van der Waals surface area (Å²) in [5, 5.41) is 6.62. The Morgan fingerprint density at radius 2 is 1.94 bits per heavy atom. The lowest BCUT2D eigenvalue weighted by molar-refractivity contribution is -0.137. The van der Waals surface area contributed by atoms with Crippen LogP contribution >= 0.6 is 23.2 Å². The number of esters is 1. The second kappa shape index (κ2) is 9.52. The van der Waals surface area contributed by atoms with Crippen molar-refractivity contribution in [2.45, 2.75) is 25.3 Å². The van der Waals surface area contributed by atoms with Gasteiger partial charge in [0.25, 0.3) is 5.91 Å². The second-order valence-corrected chi connectivity index (χ2v) is 8.89. The molecular formula is C25H20Cl2N2O5. The van der Waals surface area contributed by atoms with Crippen LogP contribution in [-0.2, 0) is 9.53 Å². The molecular weight excluding hydrogens is 479 g/mol. The van der Waals surface area contributed by atoms with Crippen molar-refractivity contribution < 1.29 is 23.2 Å². The molecule has 2 aliphatic rings. The van der Waals surface area contributed by atoms with Gasteiger partial charge in [0.05, 0.1) is 33.8 Å². The Hall–Kier alpha value is -3.29. The van der Waals surface area contributed by atoms with Crippen LogP contribution in [0.25, 0.3) is 6.08 Å². The maximum absolute atomic E-state index is 13.2. The van der Waals surface area contributed by atoms with E-state index in [-0.39, 0.29) is 16.5 Å². The Morgan fingerprint density at radius 3 is 2.68 bits per heavy atom. The van der Waals surface area contributed by atoms with Crippen LogP contribution in [0.5, 0.6) is 0 Å². The number of furan rings is 2. The van der Waals surface area contributed by atoms with Gasteiger partial charge in [-0.05, 0) is 73.4 Å². The molecule has 1 aliphatic carbocycles. The number of ether oxygens (including phenoxy) is 1. The van der Waals surface area contributed by atoms with Crippen LogP contribution in [0.3, 0.4) is 0 Å². The summed E-state index contributed by atoms with van der Waals surface area (Å²) >= 11 is 11.9. The fourth-order valence-corrected chi connectivity index (χ4v) is 4.69. The van der Waals surface area contributed by atoms with Gasteiger partial charge in [-0.3, -0.25) is 4.79 Å². The van der Waals surface area contributed by atoms with Crippen LogP contribution in [-0.4, -0.2) is 29.2 Å². The summed E-state index contributed by atoms with van der Waals surface area (Å²) in [6.45, 7) is -0.475. The maximum Gasteiger partial charge on any atom is 0.338 e. The largest absolute Gasteiger partial charge is 0.467 e. The molecule has 0 bridgehead atoms. The molecule has 0 spiro atoms. The third kappa shape index (κ3) is 4.41. The molecule has 0 radical (unpaired) electrons. The van der Waals surface area contributed by atoms with Crippen LogP contribution in [0, 0.1) is 5.92 Å². The predicted molar refractivity (Wildman–Crippen MR) is 127 cm³/mol. The Morgan fingerprint density at radius 1 is 1.12 bits per heavy atom. The zero-order chi connectivity index (χ0) is 23.7. The van der Waals surface area contributed by atoms with Crippen molar-refractivity contribution in [2.75, 3.05) is 6.61 Å². The van der Waals surface area contributed by atoms with Gasteiger partial charge in [0, 0.05) is 5.92 Å². The van der Waals surface area contributed by atoms with Crippen LogP contribution in [0.1, 0.15) is 47.2 Å². The maximum atomic E-state index is 13.2. The Bertz CT molecular complexity index is 1260. The van der Waals surface area contributed by atoms with E-state index >= 15 is 0 Å². The standard InChI is InChI=1S/C25H20Cl2N2O5/c26-19-9-8-16(13-20(19)27)25(31)34-14-22(30)29-24(21-7-3-11-33-21)18-6-1-4-15(23(18)28-29)12-17-5-2-10-32-17/h2-3,5,7-13,18,24H,1,4,6,14H2. The number of nitrogens with zero attached hydrogens (tertiary/aromatic N) is 2. The average Bonchev–Trinajstić information content (AvgIpc) is 3.60. The van der Waals surface area contributed by atoms with E-state index in [1.165, 1.54) is 23.2 Å². The first kappa shape index (κ1) is 22.5. The van der Waals surface area contributed by atoms with Gasteiger partial charge in [0.1, 0.15) is 17.6 Å². The number of carbonyl (C=O) groups is 2. The molecule has 3 heterocycles. The van der Waals surface area contributed by atoms with Crippen molar-refractivity contribution in [1.29, 1.82) is 0 Å². The number of rotatable bonds is 5. The number of hydrazone groups is 1. The van der Waals surface area contributed by atoms with Gasteiger partial charge >= 0.3 is 5.97 Å². The highest BCUT2D eigenvalue weighted by molar-refractivity contribution is 6.42. The predicted octanol–water partition coefficient (Wildman–Crippen LogP) is 6.16. The third-order valence-electron chi connectivity index (χ3n) is 5.93. The second-order valence-electron chi connectivity index (χ2n) is 8.07. The molecule has 2 aromatic heterocycles. The molecule has 0 saturated heterocycles. The molecule has 3 aromatic rings. The molecule has 2 unspecified atom stereocenters. The first-order valence-corrected chi connectivity index (χ1v) is 11.6. The van der Waals surface area contributed by atoms with E-state index in [9.17, 15) is 9.59 Å². The van der Waals surface area contributed by atoms with Gasteiger partial charge in [0.15, 0.2) is 6.61 Å².